The molecule has 0 atom stereocenters. The van der Waals surface area contributed by atoms with Crippen LogP contribution in [0.25, 0.3) is 33.3 Å². The Morgan fingerprint density at radius 2 is 1.62 bits per heavy atom. The van der Waals surface area contributed by atoms with Crippen LogP contribution < -0.4 is 4.90 Å². The first-order valence-electron chi connectivity index (χ1n) is 16.9. The topological polar surface area (TPSA) is 93.3 Å². The number of anilines is 1. The molecular formula is C39H37FN6O3S. The molecule has 1 saturated heterocycles. The molecule has 2 aliphatic rings. The number of carbonyl (C=O) groups excluding carboxylic acids is 1. The lowest BCUT2D eigenvalue weighted by atomic mass is 10.0. The van der Waals surface area contributed by atoms with E-state index in [4.69, 9.17) is 4.98 Å². The third-order valence-corrected chi connectivity index (χ3v) is 11.4. The van der Waals surface area contributed by atoms with Gasteiger partial charge in [0.2, 0.25) is 5.91 Å². The number of hydrogen-bond acceptors (Lipinski definition) is 6. The maximum absolute atomic E-state index is 14.0. The van der Waals surface area contributed by atoms with Gasteiger partial charge in [0.25, 0.3) is 10.0 Å². The number of halogens is 1. The van der Waals surface area contributed by atoms with Crippen LogP contribution in [-0.2, 0) is 21.4 Å². The van der Waals surface area contributed by atoms with Crippen molar-refractivity contribution in [2.75, 3.05) is 31.1 Å². The predicted octanol–water partition coefficient (Wildman–Crippen LogP) is 6.75. The van der Waals surface area contributed by atoms with E-state index in [1.807, 2.05) is 30.2 Å². The van der Waals surface area contributed by atoms with Gasteiger partial charge in [-0.05, 0) is 79.3 Å². The first kappa shape index (κ1) is 31.9. The number of aromatic nitrogens is 4. The molecular weight excluding hydrogens is 652 g/mol. The van der Waals surface area contributed by atoms with E-state index in [0.717, 1.165) is 54.1 Å². The lowest BCUT2D eigenvalue weighted by Gasteiger charge is -2.36. The van der Waals surface area contributed by atoms with Gasteiger partial charge in [0.15, 0.2) is 5.65 Å². The number of amides is 1. The number of fused-ring (bicyclic) bond motifs is 1. The number of nitrogens with zero attached hydrogens (tertiary/aromatic N) is 6. The number of rotatable bonds is 9. The molecule has 254 valence electrons. The lowest BCUT2D eigenvalue weighted by molar-refractivity contribution is -0.131. The van der Waals surface area contributed by atoms with Crippen LogP contribution in [0.2, 0.25) is 0 Å². The van der Waals surface area contributed by atoms with E-state index in [-0.39, 0.29) is 16.6 Å². The summed E-state index contributed by atoms with van der Waals surface area (Å²) in [4.78, 5) is 21.8. The van der Waals surface area contributed by atoms with Crippen molar-refractivity contribution in [3.63, 3.8) is 0 Å². The van der Waals surface area contributed by atoms with Crippen molar-refractivity contribution in [1.82, 2.24) is 23.6 Å². The average molecular weight is 689 g/mol. The number of piperazine rings is 1. The van der Waals surface area contributed by atoms with Crippen molar-refractivity contribution in [2.24, 2.45) is 5.92 Å². The van der Waals surface area contributed by atoms with Gasteiger partial charge in [-0.1, -0.05) is 42.0 Å². The summed E-state index contributed by atoms with van der Waals surface area (Å²) < 4.78 is 44.7. The van der Waals surface area contributed by atoms with E-state index in [2.05, 4.69) is 34.3 Å². The van der Waals surface area contributed by atoms with Crippen molar-refractivity contribution in [3.8, 4) is 22.3 Å². The van der Waals surface area contributed by atoms with Gasteiger partial charge in [-0.3, -0.25) is 9.48 Å². The first-order valence-corrected chi connectivity index (χ1v) is 18.4. The van der Waals surface area contributed by atoms with Gasteiger partial charge in [0.05, 0.1) is 17.6 Å². The summed E-state index contributed by atoms with van der Waals surface area (Å²) in [6, 6.07) is 23.4. The van der Waals surface area contributed by atoms with E-state index in [1.54, 1.807) is 53.6 Å². The minimum atomic E-state index is -3.97. The zero-order valence-corrected chi connectivity index (χ0v) is 28.6. The molecule has 3 aromatic carbocycles. The lowest BCUT2D eigenvalue weighted by Crippen LogP contribution is -2.48. The van der Waals surface area contributed by atoms with Gasteiger partial charge in [-0.15, -0.1) is 0 Å². The van der Waals surface area contributed by atoms with Crippen molar-refractivity contribution in [3.05, 3.63) is 121 Å². The molecule has 6 aromatic rings. The maximum Gasteiger partial charge on any atom is 0.269 e. The Morgan fingerprint density at radius 3 is 2.34 bits per heavy atom. The first-order chi connectivity index (χ1) is 24.2. The minimum absolute atomic E-state index is 0.169. The molecule has 0 radical (unpaired) electrons. The molecule has 9 nitrogen and oxygen atoms in total. The van der Waals surface area contributed by atoms with Crippen molar-refractivity contribution in [1.29, 1.82) is 0 Å². The van der Waals surface area contributed by atoms with E-state index < -0.39 is 10.0 Å². The van der Waals surface area contributed by atoms with Crippen molar-refractivity contribution < 1.29 is 17.6 Å². The summed E-state index contributed by atoms with van der Waals surface area (Å²) in [5.74, 6) is 0.562. The van der Waals surface area contributed by atoms with Crippen LogP contribution in [0, 0.1) is 18.7 Å². The molecule has 0 spiro atoms. The normalized spacial score (nSPS) is 15.2. The summed E-state index contributed by atoms with van der Waals surface area (Å²) in [5, 5.41) is 5.18. The summed E-state index contributed by atoms with van der Waals surface area (Å²) in [7, 11) is -3.97. The molecule has 0 N–H and O–H groups in total. The van der Waals surface area contributed by atoms with E-state index >= 15 is 0 Å². The Labute approximate surface area is 290 Å². The molecule has 8 rings (SSSR count). The van der Waals surface area contributed by atoms with Crippen LogP contribution in [0.15, 0.2) is 109 Å². The molecule has 1 aliphatic carbocycles. The molecule has 1 saturated carbocycles. The number of aryl methyl sites for hydroxylation is 1. The molecule has 0 unspecified atom stereocenters. The van der Waals surface area contributed by atoms with Crippen LogP contribution in [-0.4, -0.2) is 64.1 Å². The minimum Gasteiger partial charge on any atom is -0.368 e. The fraction of sp³-hybridized carbons (Fsp3) is 0.256. The third kappa shape index (κ3) is 6.40. The van der Waals surface area contributed by atoms with Crippen LogP contribution >= 0.6 is 0 Å². The second-order valence-corrected chi connectivity index (χ2v) is 15.2. The highest BCUT2D eigenvalue weighted by Gasteiger charge is 2.29. The van der Waals surface area contributed by atoms with Gasteiger partial charge in [0.1, 0.15) is 5.82 Å². The molecule has 2 fully saturated rings. The van der Waals surface area contributed by atoms with Gasteiger partial charge in [-0.25, -0.2) is 21.8 Å². The largest absolute Gasteiger partial charge is 0.368 e. The molecule has 1 aliphatic heterocycles. The summed E-state index contributed by atoms with van der Waals surface area (Å²) in [6.07, 6.45) is 9.90. The standard InChI is InChI=1S/C39H37FN6O3S/c1-27-5-13-35(14-6-27)50(48,49)46-26-37(32-23-42-45(25-32)24-29-3-2-4-33(40)19-29)36-21-31(22-41-39(36)46)30-9-11-34(12-10-30)43-15-17-44(18-16-43)38(47)20-28-7-8-28/h2-6,9-14,19,21-23,25-26,28H,7-8,15-18,20,24H2,1H3. The quantitative estimate of drug-likeness (QED) is 0.167. The third-order valence-electron chi connectivity index (χ3n) is 9.73. The number of benzene rings is 3. The van der Waals surface area contributed by atoms with E-state index in [0.29, 0.717) is 41.0 Å². The van der Waals surface area contributed by atoms with Crippen molar-refractivity contribution in [2.45, 2.75) is 37.6 Å². The van der Waals surface area contributed by atoms with Crippen LogP contribution in [0.5, 0.6) is 0 Å². The van der Waals surface area contributed by atoms with Crippen LogP contribution in [0.1, 0.15) is 30.4 Å². The summed E-state index contributed by atoms with van der Waals surface area (Å²) in [6.45, 7) is 5.33. The number of carbonyl (C=O) groups is 1. The Balaban J connectivity index is 1.11. The molecule has 11 heteroatoms. The molecule has 50 heavy (non-hydrogen) atoms. The SMILES string of the molecule is Cc1ccc(S(=O)(=O)n2cc(-c3cnn(Cc4cccc(F)c4)c3)c3cc(-c4ccc(N5CCN(C(=O)CC6CC6)CC5)cc4)cnc32)cc1. The average Bonchev–Trinajstić information content (AvgIpc) is 3.68. The zero-order chi connectivity index (χ0) is 34.4. The fourth-order valence-electron chi connectivity index (χ4n) is 6.66. The highest BCUT2D eigenvalue weighted by atomic mass is 32.2. The Kier molecular flexibility index (Phi) is 8.22. The summed E-state index contributed by atoms with van der Waals surface area (Å²) >= 11 is 0. The highest BCUT2D eigenvalue weighted by molar-refractivity contribution is 7.90. The molecule has 1 amide bonds. The number of pyridine rings is 1. The Bertz CT molecular complexity index is 2300. The van der Waals surface area contributed by atoms with Gasteiger partial charge >= 0.3 is 0 Å². The van der Waals surface area contributed by atoms with Gasteiger partial charge < -0.3 is 9.80 Å². The second kappa shape index (κ2) is 12.9. The molecule has 4 heterocycles. The zero-order valence-electron chi connectivity index (χ0n) is 27.7. The summed E-state index contributed by atoms with van der Waals surface area (Å²) in [5.41, 5.74) is 6.31. The molecule has 0 bridgehead atoms. The second-order valence-electron chi connectivity index (χ2n) is 13.4. The Morgan fingerprint density at radius 1 is 0.860 bits per heavy atom. The highest BCUT2D eigenvalue weighted by Crippen LogP contribution is 2.36. The van der Waals surface area contributed by atoms with Crippen LogP contribution in [0.4, 0.5) is 10.1 Å². The number of hydrogen-bond donors (Lipinski definition) is 0. The maximum atomic E-state index is 14.0. The predicted molar refractivity (Wildman–Crippen MR) is 192 cm³/mol. The van der Waals surface area contributed by atoms with Gasteiger partial charge in [-0.2, -0.15) is 5.10 Å². The van der Waals surface area contributed by atoms with E-state index in [9.17, 15) is 17.6 Å². The smallest absolute Gasteiger partial charge is 0.269 e. The van der Waals surface area contributed by atoms with Gasteiger partial charge in [0, 0.05) is 79.0 Å². The Hall–Kier alpha value is -5.29. The molecule has 3 aromatic heterocycles. The van der Waals surface area contributed by atoms with Crippen molar-refractivity contribution >= 4 is 32.7 Å². The fourth-order valence-corrected chi connectivity index (χ4v) is 7.99. The van der Waals surface area contributed by atoms with Crippen LogP contribution in [0.3, 0.4) is 0 Å². The van der Waals surface area contributed by atoms with E-state index in [1.165, 1.54) is 28.9 Å². The monoisotopic (exact) mass is 688 g/mol.